The molecule has 0 fully saturated rings. The summed E-state index contributed by atoms with van der Waals surface area (Å²) in [5.41, 5.74) is 0. The molecule has 0 amide bonds. The molecule has 0 aliphatic carbocycles. The van der Waals surface area contributed by atoms with Gasteiger partial charge in [-0.25, -0.2) is 0 Å². The summed E-state index contributed by atoms with van der Waals surface area (Å²) in [4.78, 5) is 1.15. The monoisotopic (exact) mass is 139 g/mol. The van der Waals surface area contributed by atoms with Gasteiger partial charge in [0.1, 0.15) is 5.82 Å². The number of H-pyrrole nitrogens is 1. The molecule has 0 bridgehead atoms. The number of aromatic nitrogens is 2. The first-order valence-corrected chi connectivity index (χ1v) is 3.46. The molecule has 1 aromatic heterocycles. The maximum absolute atomic E-state index is 3.86. The van der Waals surface area contributed by atoms with Gasteiger partial charge in [-0.3, -0.25) is 5.10 Å². The highest BCUT2D eigenvalue weighted by atomic mass is 32.2. The summed E-state index contributed by atoms with van der Waals surface area (Å²) < 4.78 is 0. The average Bonchev–Trinajstić information content (AvgIpc) is 2.33. The second-order valence-corrected chi connectivity index (χ2v) is 2.62. The van der Waals surface area contributed by atoms with E-state index in [1.807, 2.05) is 11.6 Å². The van der Waals surface area contributed by atoms with Crippen LogP contribution in [0.15, 0.2) is 22.7 Å². The molecule has 0 spiro atoms. The van der Waals surface area contributed by atoms with Crippen molar-refractivity contribution in [3.63, 3.8) is 0 Å². The van der Waals surface area contributed by atoms with Gasteiger partial charge in [-0.1, -0.05) is 11.8 Å². The van der Waals surface area contributed by atoms with E-state index in [4.69, 9.17) is 0 Å². The minimum absolute atomic E-state index is 0.988. The van der Waals surface area contributed by atoms with Crippen molar-refractivity contribution >= 4 is 17.6 Å². The van der Waals surface area contributed by atoms with Gasteiger partial charge in [0.2, 0.25) is 0 Å². The lowest BCUT2D eigenvalue weighted by Gasteiger charge is -2.03. The molecule has 1 aliphatic heterocycles. The van der Waals surface area contributed by atoms with E-state index in [1.165, 1.54) is 0 Å². The van der Waals surface area contributed by atoms with Gasteiger partial charge in [0.15, 0.2) is 0 Å². The largest absolute Gasteiger partial charge is 0.346 e. The highest BCUT2D eigenvalue weighted by molar-refractivity contribution is 8.02. The molecular formula is C5H5N3S. The van der Waals surface area contributed by atoms with Crippen LogP contribution < -0.4 is 5.32 Å². The first kappa shape index (κ1) is 4.93. The van der Waals surface area contributed by atoms with Crippen molar-refractivity contribution in [3.05, 3.63) is 17.8 Å². The molecule has 0 atom stereocenters. The van der Waals surface area contributed by atoms with Gasteiger partial charge >= 0.3 is 0 Å². The molecule has 0 aromatic carbocycles. The Morgan fingerprint density at radius 3 is 3.44 bits per heavy atom. The van der Waals surface area contributed by atoms with E-state index in [-0.39, 0.29) is 0 Å². The number of thioether (sulfide) groups is 1. The number of fused-ring (bicyclic) bond motifs is 1. The first-order valence-electron chi connectivity index (χ1n) is 2.58. The fourth-order valence-corrected chi connectivity index (χ4v) is 1.31. The van der Waals surface area contributed by atoms with Crippen LogP contribution in [0.25, 0.3) is 0 Å². The van der Waals surface area contributed by atoms with E-state index in [9.17, 15) is 0 Å². The Morgan fingerprint density at radius 1 is 1.56 bits per heavy atom. The summed E-state index contributed by atoms with van der Waals surface area (Å²) in [6, 6.07) is 0. The predicted molar refractivity (Wildman–Crippen MR) is 37.2 cm³/mol. The maximum Gasteiger partial charge on any atom is 0.139 e. The van der Waals surface area contributed by atoms with Crippen LogP contribution in [-0.4, -0.2) is 10.2 Å². The van der Waals surface area contributed by atoms with Crippen molar-refractivity contribution in [2.45, 2.75) is 4.90 Å². The number of nitrogens with one attached hydrogen (secondary N) is 2. The minimum Gasteiger partial charge on any atom is -0.346 e. The third-order valence-electron chi connectivity index (χ3n) is 1.10. The van der Waals surface area contributed by atoms with Gasteiger partial charge in [-0.2, -0.15) is 5.10 Å². The average molecular weight is 139 g/mol. The molecule has 0 unspecified atom stereocenters. The molecule has 46 valence electrons. The van der Waals surface area contributed by atoms with Crippen LogP contribution in [0.5, 0.6) is 0 Å². The van der Waals surface area contributed by atoms with Gasteiger partial charge < -0.3 is 5.32 Å². The lowest BCUT2D eigenvalue weighted by Crippen LogP contribution is -1.91. The van der Waals surface area contributed by atoms with Gasteiger partial charge in [-0.15, -0.1) is 0 Å². The Kier molecular flexibility index (Phi) is 0.989. The number of rotatable bonds is 0. The second kappa shape index (κ2) is 1.80. The van der Waals surface area contributed by atoms with Crippen LogP contribution in [0, 0.1) is 0 Å². The fraction of sp³-hybridized carbons (Fsp3) is 0. The van der Waals surface area contributed by atoms with Crippen molar-refractivity contribution in [1.29, 1.82) is 0 Å². The summed E-state index contributed by atoms with van der Waals surface area (Å²) in [7, 11) is 0. The summed E-state index contributed by atoms with van der Waals surface area (Å²) in [6.07, 6.45) is 3.68. The van der Waals surface area contributed by atoms with E-state index >= 15 is 0 Å². The number of aromatic amines is 1. The molecule has 0 radical (unpaired) electrons. The number of hydrogen-bond donors (Lipinski definition) is 2. The van der Waals surface area contributed by atoms with Crippen molar-refractivity contribution in [3.8, 4) is 0 Å². The predicted octanol–water partition coefficient (Wildman–Crippen LogP) is 1.40. The zero-order valence-electron chi connectivity index (χ0n) is 4.59. The number of nitrogens with zero attached hydrogens (tertiary/aromatic N) is 1. The lowest BCUT2D eigenvalue weighted by molar-refractivity contribution is 1.09. The summed E-state index contributed by atoms with van der Waals surface area (Å²) in [5, 5.41) is 11.7. The smallest absolute Gasteiger partial charge is 0.139 e. The zero-order valence-corrected chi connectivity index (χ0v) is 5.40. The molecule has 2 heterocycles. The van der Waals surface area contributed by atoms with Crippen LogP contribution in [0.1, 0.15) is 0 Å². The van der Waals surface area contributed by atoms with Crippen LogP contribution in [0.4, 0.5) is 5.82 Å². The molecule has 1 aliphatic rings. The Hall–Kier alpha value is -0.900. The molecule has 1 aromatic rings. The maximum atomic E-state index is 3.86. The Morgan fingerprint density at radius 2 is 2.56 bits per heavy atom. The number of anilines is 1. The standard InChI is InChI=1S/C5H5N3S/c1-2-9-4-3-7-8-5(4)6-1/h1-3H,(H2,6,7,8). The van der Waals surface area contributed by atoms with E-state index in [2.05, 4.69) is 15.5 Å². The summed E-state index contributed by atoms with van der Waals surface area (Å²) in [6.45, 7) is 0. The third-order valence-corrected chi connectivity index (χ3v) is 1.93. The lowest BCUT2D eigenvalue weighted by atomic mass is 10.6. The van der Waals surface area contributed by atoms with Crippen molar-refractivity contribution < 1.29 is 0 Å². The van der Waals surface area contributed by atoms with Crippen LogP contribution in [-0.2, 0) is 0 Å². The normalized spacial score (nSPS) is 14.7. The van der Waals surface area contributed by atoms with Crippen LogP contribution >= 0.6 is 11.8 Å². The first-order chi connectivity index (χ1) is 4.47. The SMILES string of the molecule is C1=CSc2cn[nH]c2N1. The van der Waals surface area contributed by atoms with Crippen LogP contribution in [0.3, 0.4) is 0 Å². The molecule has 0 saturated carbocycles. The van der Waals surface area contributed by atoms with Gasteiger partial charge in [-0.05, 0) is 5.41 Å². The van der Waals surface area contributed by atoms with E-state index < -0.39 is 0 Å². The summed E-state index contributed by atoms with van der Waals surface area (Å²) in [5.74, 6) is 0.988. The van der Waals surface area contributed by atoms with Gasteiger partial charge in [0, 0.05) is 6.20 Å². The molecule has 4 heteroatoms. The summed E-state index contributed by atoms with van der Waals surface area (Å²) >= 11 is 1.66. The molecule has 9 heavy (non-hydrogen) atoms. The Labute approximate surface area is 56.5 Å². The third kappa shape index (κ3) is 0.712. The van der Waals surface area contributed by atoms with Gasteiger partial charge in [0.25, 0.3) is 0 Å². The molecule has 3 nitrogen and oxygen atoms in total. The quantitative estimate of drug-likeness (QED) is 0.570. The van der Waals surface area contributed by atoms with Crippen molar-refractivity contribution in [2.75, 3.05) is 5.32 Å². The highest BCUT2D eigenvalue weighted by Crippen LogP contribution is 2.28. The fourth-order valence-electron chi connectivity index (χ4n) is 0.693. The number of hydrogen-bond acceptors (Lipinski definition) is 3. The van der Waals surface area contributed by atoms with Crippen molar-refractivity contribution in [2.24, 2.45) is 0 Å². The molecule has 2 N–H and O–H groups in total. The van der Waals surface area contributed by atoms with Gasteiger partial charge in [0.05, 0.1) is 11.1 Å². The second-order valence-electron chi connectivity index (χ2n) is 1.67. The topological polar surface area (TPSA) is 40.7 Å². The van der Waals surface area contributed by atoms with E-state index in [0.29, 0.717) is 0 Å². The zero-order chi connectivity index (χ0) is 6.10. The molecule has 2 rings (SSSR count). The molecule has 0 saturated heterocycles. The highest BCUT2D eigenvalue weighted by Gasteiger charge is 2.04. The van der Waals surface area contributed by atoms with Crippen LogP contribution in [0.2, 0.25) is 0 Å². The van der Waals surface area contributed by atoms with E-state index in [1.54, 1.807) is 18.0 Å². The molecular weight excluding hydrogens is 134 g/mol. The Balaban J connectivity index is 2.46. The Bertz CT molecular complexity index is 218. The minimum atomic E-state index is 0.988. The van der Waals surface area contributed by atoms with Crippen molar-refractivity contribution in [1.82, 2.24) is 10.2 Å². The van der Waals surface area contributed by atoms with E-state index in [0.717, 1.165) is 10.7 Å².